The Morgan fingerprint density at radius 1 is 1.00 bits per heavy atom. The number of carbonyl (C=O) groups excluding carboxylic acids is 2. The van der Waals surface area contributed by atoms with Gasteiger partial charge in [-0.05, 0) is 47.7 Å². The van der Waals surface area contributed by atoms with Crippen LogP contribution in [0.5, 0.6) is 11.5 Å². The maximum Gasteiger partial charge on any atom is 0.244 e. The summed E-state index contributed by atoms with van der Waals surface area (Å²) in [6.07, 6.45) is 2.86. The monoisotopic (exact) mass is 396 g/mol. The van der Waals surface area contributed by atoms with Gasteiger partial charge in [0.15, 0.2) is 0 Å². The summed E-state index contributed by atoms with van der Waals surface area (Å²) in [6, 6.07) is 15.3. The molecule has 0 aromatic heterocycles. The van der Waals surface area contributed by atoms with Crippen LogP contribution >= 0.6 is 0 Å². The Morgan fingerprint density at radius 2 is 1.76 bits per heavy atom. The Labute approximate surface area is 171 Å². The van der Waals surface area contributed by atoms with E-state index >= 15 is 0 Å². The Morgan fingerprint density at radius 3 is 2.41 bits per heavy atom. The van der Waals surface area contributed by atoms with Crippen molar-refractivity contribution in [1.29, 1.82) is 0 Å². The van der Waals surface area contributed by atoms with Gasteiger partial charge in [0, 0.05) is 12.6 Å². The lowest BCUT2D eigenvalue weighted by Crippen LogP contribution is -2.37. The van der Waals surface area contributed by atoms with Gasteiger partial charge in [-0.15, -0.1) is 0 Å². The van der Waals surface area contributed by atoms with Gasteiger partial charge in [-0.1, -0.05) is 37.3 Å². The van der Waals surface area contributed by atoms with Crippen LogP contribution in [0.15, 0.2) is 54.6 Å². The molecule has 6 heteroatoms. The van der Waals surface area contributed by atoms with E-state index in [0.29, 0.717) is 13.0 Å². The smallest absolute Gasteiger partial charge is 0.244 e. The predicted octanol–water partition coefficient (Wildman–Crippen LogP) is 2.97. The van der Waals surface area contributed by atoms with Crippen molar-refractivity contribution in [3.8, 4) is 11.5 Å². The van der Waals surface area contributed by atoms with Gasteiger partial charge < -0.3 is 20.1 Å². The summed E-state index contributed by atoms with van der Waals surface area (Å²) >= 11 is 0. The molecule has 2 amide bonds. The molecule has 0 unspecified atom stereocenters. The van der Waals surface area contributed by atoms with E-state index in [0.717, 1.165) is 34.6 Å². The maximum atomic E-state index is 12.1. The largest absolute Gasteiger partial charge is 0.497 e. The zero-order chi connectivity index (χ0) is 21.1. The van der Waals surface area contributed by atoms with Crippen LogP contribution in [0.3, 0.4) is 0 Å². The molecule has 0 aliphatic carbocycles. The molecule has 0 heterocycles. The molecule has 0 radical (unpaired) electrons. The third kappa shape index (κ3) is 6.99. The van der Waals surface area contributed by atoms with Crippen molar-refractivity contribution in [1.82, 2.24) is 10.6 Å². The standard InChI is InChI=1S/C23H28N2O4/c1-4-17(18-8-6-5-7-9-18)15-22(26)25-16-23(27)24-13-12-19-14-20(28-2)10-11-21(19)29-3/h5-11,14-15H,4,12-13,16H2,1-3H3,(H,24,27)(H,25,26)/b17-15+. The van der Waals surface area contributed by atoms with Crippen molar-refractivity contribution >= 4 is 17.4 Å². The molecule has 0 aliphatic rings. The average molecular weight is 396 g/mol. The molecule has 0 aliphatic heterocycles. The molecule has 2 rings (SSSR count). The molecule has 0 atom stereocenters. The van der Waals surface area contributed by atoms with Gasteiger partial charge >= 0.3 is 0 Å². The molecule has 0 saturated carbocycles. The van der Waals surface area contributed by atoms with Crippen LogP contribution in [0.1, 0.15) is 24.5 Å². The summed E-state index contributed by atoms with van der Waals surface area (Å²) in [4.78, 5) is 24.2. The first kappa shape index (κ1) is 22.0. The third-order valence-electron chi connectivity index (χ3n) is 4.46. The molecule has 0 bridgehead atoms. The van der Waals surface area contributed by atoms with Crippen LogP contribution in [-0.2, 0) is 16.0 Å². The lowest BCUT2D eigenvalue weighted by Gasteiger charge is -2.11. The fourth-order valence-corrected chi connectivity index (χ4v) is 2.89. The number of amides is 2. The lowest BCUT2D eigenvalue weighted by atomic mass is 10.0. The van der Waals surface area contributed by atoms with Crippen LogP contribution in [0.4, 0.5) is 0 Å². The number of hydrogen-bond donors (Lipinski definition) is 2. The highest BCUT2D eigenvalue weighted by atomic mass is 16.5. The van der Waals surface area contributed by atoms with Gasteiger partial charge in [0.1, 0.15) is 11.5 Å². The lowest BCUT2D eigenvalue weighted by molar-refractivity contribution is -0.123. The molecule has 0 saturated heterocycles. The number of methoxy groups -OCH3 is 2. The number of hydrogen-bond acceptors (Lipinski definition) is 4. The Bertz CT molecular complexity index is 847. The molecule has 29 heavy (non-hydrogen) atoms. The summed E-state index contributed by atoms with van der Waals surface area (Å²) in [7, 11) is 3.21. The zero-order valence-corrected chi connectivity index (χ0v) is 17.2. The number of ether oxygens (including phenoxy) is 2. The van der Waals surface area contributed by atoms with E-state index in [1.165, 1.54) is 0 Å². The molecule has 154 valence electrons. The normalized spacial score (nSPS) is 10.9. The van der Waals surface area contributed by atoms with E-state index in [9.17, 15) is 9.59 Å². The van der Waals surface area contributed by atoms with Gasteiger partial charge in [0.25, 0.3) is 0 Å². The Balaban J connectivity index is 1.81. The number of nitrogens with one attached hydrogen (secondary N) is 2. The summed E-state index contributed by atoms with van der Waals surface area (Å²) in [5.74, 6) is 0.949. The minimum Gasteiger partial charge on any atom is -0.497 e. The number of allylic oxidation sites excluding steroid dienone is 1. The van der Waals surface area contributed by atoms with Crippen molar-refractivity contribution < 1.29 is 19.1 Å². The van der Waals surface area contributed by atoms with E-state index in [-0.39, 0.29) is 18.4 Å². The highest BCUT2D eigenvalue weighted by Crippen LogP contribution is 2.24. The first-order chi connectivity index (χ1) is 14.1. The fourth-order valence-electron chi connectivity index (χ4n) is 2.89. The van der Waals surface area contributed by atoms with Crippen molar-refractivity contribution in [3.63, 3.8) is 0 Å². The second kappa shape index (κ2) is 11.5. The maximum absolute atomic E-state index is 12.1. The Kier molecular flexibility index (Phi) is 8.76. The third-order valence-corrected chi connectivity index (χ3v) is 4.46. The van der Waals surface area contributed by atoms with E-state index in [4.69, 9.17) is 9.47 Å². The first-order valence-corrected chi connectivity index (χ1v) is 9.58. The molecular weight excluding hydrogens is 368 g/mol. The number of benzene rings is 2. The average Bonchev–Trinajstić information content (AvgIpc) is 2.76. The van der Waals surface area contributed by atoms with Crippen molar-refractivity contribution in [2.75, 3.05) is 27.3 Å². The molecule has 2 N–H and O–H groups in total. The summed E-state index contributed by atoms with van der Waals surface area (Å²) < 4.78 is 10.6. The van der Waals surface area contributed by atoms with E-state index in [1.54, 1.807) is 20.3 Å². The highest BCUT2D eigenvalue weighted by molar-refractivity contribution is 5.97. The first-order valence-electron chi connectivity index (χ1n) is 9.58. The molecule has 0 fully saturated rings. The van der Waals surface area contributed by atoms with Crippen LogP contribution in [-0.4, -0.2) is 39.1 Å². The topological polar surface area (TPSA) is 76.7 Å². The molecule has 2 aromatic carbocycles. The van der Waals surface area contributed by atoms with E-state index in [1.807, 2.05) is 55.5 Å². The summed E-state index contributed by atoms with van der Waals surface area (Å²) in [5, 5.41) is 5.44. The summed E-state index contributed by atoms with van der Waals surface area (Å²) in [5.41, 5.74) is 2.87. The predicted molar refractivity (Wildman–Crippen MR) is 114 cm³/mol. The molecular formula is C23H28N2O4. The highest BCUT2D eigenvalue weighted by Gasteiger charge is 2.08. The second-order valence-electron chi connectivity index (χ2n) is 6.38. The van der Waals surface area contributed by atoms with Crippen LogP contribution in [0.2, 0.25) is 0 Å². The van der Waals surface area contributed by atoms with Gasteiger partial charge in [0.2, 0.25) is 11.8 Å². The number of carbonyl (C=O) groups is 2. The SMILES string of the molecule is CC/C(=C\C(=O)NCC(=O)NCCc1cc(OC)ccc1OC)c1ccccc1. The van der Waals surface area contributed by atoms with Gasteiger partial charge in [-0.3, -0.25) is 9.59 Å². The van der Waals surface area contributed by atoms with E-state index < -0.39 is 0 Å². The van der Waals surface area contributed by atoms with Gasteiger partial charge in [-0.2, -0.15) is 0 Å². The minimum atomic E-state index is -0.282. The molecule has 0 spiro atoms. The van der Waals surface area contributed by atoms with Crippen molar-refractivity contribution in [2.45, 2.75) is 19.8 Å². The van der Waals surface area contributed by atoms with Gasteiger partial charge in [-0.25, -0.2) is 0 Å². The minimum absolute atomic E-state index is 0.0731. The van der Waals surface area contributed by atoms with Gasteiger partial charge in [0.05, 0.1) is 20.8 Å². The fraction of sp³-hybridized carbons (Fsp3) is 0.304. The van der Waals surface area contributed by atoms with E-state index in [2.05, 4.69) is 10.6 Å². The Hall–Kier alpha value is -3.28. The van der Waals surface area contributed by atoms with Crippen LogP contribution in [0, 0.1) is 0 Å². The molecule has 2 aromatic rings. The number of rotatable bonds is 10. The zero-order valence-electron chi connectivity index (χ0n) is 17.2. The van der Waals surface area contributed by atoms with Crippen molar-refractivity contribution in [2.24, 2.45) is 0 Å². The van der Waals surface area contributed by atoms with Crippen LogP contribution < -0.4 is 20.1 Å². The second-order valence-corrected chi connectivity index (χ2v) is 6.38. The quantitative estimate of drug-likeness (QED) is 0.606. The molecule has 6 nitrogen and oxygen atoms in total. The summed E-state index contributed by atoms with van der Waals surface area (Å²) in [6.45, 7) is 2.35. The van der Waals surface area contributed by atoms with Crippen LogP contribution in [0.25, 0.3) is 5.57 Å². The van der Waals surface area contributed by atoms with Crippen molar-refractivity contribution in [3.05, 3.63) is 65.7 Å².